The Morgan fingerprint density at radius 3 is 1.19 bits per heavy atom. The van der Waals surface area contributed by atoms with E-state index in [0.29, 0.717) is 87.8 Å². The van der Waals surface area contributed by atoms with E-state index < -0.39 is 37.5 Å². The number of pyridine rings is 4. The fraction of sp³-hybridized carbons (Fsp3) is 0.277. The van der Waals surface area contributed by atoms with Crippen LogP contribution < -0.4 is 47.5 Å². The van der Waals surface area contributed by atoms with Gasteiger partial charge in [-0.3, -0.25) is 39.1 Å². The van der Waals surface area contributed by atoms with E-state index in [2.05, 4.69) is 50.2 Å². The van der Waals surface area contributed by atoms with E-state index in [1.165, 1.54) is 13.2 Å². The van der Waals surface area contributed by atoms with Gasteiger partial charge in [-0.15, -0.1) is 0 Å². The van der Waals surface area contributed by atoms with E-state index in [0.717, 1.165) is 161 Å². The second-order valence-electron chi connectivity index (χ2n) is 33.1. The third kappa shape index (κ3) is 17.3. The SMILES string of the molecule is CN(C)c1ccc(-c2ccc(CC(=O)C3(c4ccc5c(c4)OCO5)CC3)nc2)cc1.COc1ccc(-c2cccc(CC(=O)C3(c4ccc5c(c4)OCO5)CC3)n2)cc1F.N#Cc1cccc(-c2ccc(CC(=O)C3(c4ccc5c(c4)OCO5)CC3)nc2)c1.O=C(Cc1cccc(-c2ccc(S(=O)(=O)N3CCCCC3)cc2)n1)C1(c2ccc3c(c2)OCO3)CC1. The number of sulfonamides is 1. The summed E-state index contributed by atoms with van der Waals surface area (Å²) >= 11 is 0. The molecule has 0 N–H and O–H groups in total. The first kappa shape index (κ1) is 82.3. The smallest absolute Gasteiger partial charge is 0.243 e. The molecule has 4 aromatic heterocycles. The Labute approximate surface area is 723 Å². The van der Waals surface area contributed by atoms with E-state index in [1.54, 1.807) is 59.0 Å². The molecule has 9 aliphatic rings. The molecule has 5 fully saturated rings. The largest absolute Gasteiger partial charge is 0.494 e. The molecule has 0 atom stereocenters. The van der Waals surface area contributed by atoms with Crippen LogP contribution >= 0.6 is 0 Å². The number of halogens is 1. The van der Waals surface area contributed by atoms with Crippen molar-refractivity contribution in [3.63, 3.8) is 0 Å². The van der Waals surface area contributed by atoms with E-state index in [1.807, 2.05) is 166 Å². The van der Waals surface area contributed by atoms with Crippen molar-refractivity contribution in [3.8, 4) is 103 Å². The minimum Gasteiger partial charge on any atom is -0.494 e. The Morgan fingerprint density at radius 2 is 0.800 bits per heavy atom. The molecule has 125 heavy (non-hydrogen) atoms. The van der Waals surface area contributed by atoms with Gasteiger partial charge < -0.3 is 47.5 Å². The molecule has 4 saturated carbocycles. The molecule has 0 radical (unpaired) electrons. The molecular weight excluding hydrogens is 1600 g/mol. The van der Waals surface area contributed by atoms with Crippen LogP contribution in [0.3, 0.4) is 0 Å². The van der Waals surface area contributed by atoms with Crippen LogP contribution in [-0.4, -0.2) is 117 Å². The third-order valence-electron chi connectivity index (χ3n) is 25.1. The van der Waals surface area contributed by atoms with Crippen LogP contribution in [0.4, 0.5) is 10.1 Å². The van der Waals surface area contributed by atoms with Gasteiger partial charge in [-0.05, 0) is 237 Å². The normalized spacial score (nSPS) is 16.5. The minimum absolute atomic E-state index is 0.131. The van der Waals surface area contributed by atoms with Gasteiger partial charge in [0.2, 0.25) is 37.2 Å². The molecule has 21 rings (SSSR count). The summed E-state index contributed by atoms with van der Waals surface area (Å²) < 4.78 is 90.0. The summed E-state index contributed by atoms with van der Waals surface area (Å²) in [6.07, 6.45) is 14.3. The number of ether oxygens (including phenoxy) is 9. The number of nitrogens with zero attached hydrogens (tertiary/aromatic N) is 7. The van der Waals surface area contributed by atoms with Crippen molar-refractivity contribution in [2.45, 2.75) is 123 Å². The average Bonchev–Trinajstić information content (AvgIpc) is 1.61. The topological polar surface area (TPSA) is 267 Å². The van der Waals surface area contributed by atoms with Crippen molar-refractivity contribution < 1.29 is 74.6 Å². The second kappa shape index (κ2) is 34.6. The number of hydrogen-bond acceptors (Lipinski definition) is 21. The number of methoxy groups -OCH3 is 1. The molecule has 9 heterocycles. The van der Waals surface area contributed by atoms with Crippen LogP contribution in [0.1, 0.15) is 121 Å². The molecule has 0 spiro atoms. The monoisotopic (exact) mass is 1690 g/mol. The van der Waals surface area contributed by atoms with Crippen molar-refractivity contribution >= 4 is 38.8 Å². The number of carbonyl (C=O) groups is 4. The zero-order chi connectivity index (χ0) is 86.0. The lowest BCUT2D eigenvalue weighted by Gasteiger charge is -2.25. The maximum absolute atomic E-state index is 14.1. The van der Waals surface area contributed by atoms with E-state index in [-0.39, 0.29) is 68.9 Å². The molecule has 12 aromatic rings. The predicted molar refractivity (Wildman–Crippen MR) is 466 cm³/mol. The first-order chi connectivity index (χ1) is 60.8. The van der Waals surface area contributed by atoms with Gasteiger partial charge in [-0.25, -0.2) is 12.8 Å². The summed E-state index contributed by atoms with van der Waals surface area (Å²) in [5.41, 5.74) is 13.7. The molecule has 0 unspecified atom stereocenters. The van der Waals surface area contributed by atoms with E-state index in [4.69, 9.17) is 52.9 Å². The molecule has 0 bridgehead atoms. The molecule has 24 heteroatoms. The zero-order valence-electron chi connectivity index (χ0n) is 69.4. The lowest BCUT2D eigenvalue weighted by molar-refractivity contribution is -0.121. The Hall–Kier alpha value is -13.6. The van der Waals surface area contributed by atoms with Crippen LogP contribution in [0.2, 0.25) is 0 Å². The molecule has 8 aromatic carbocycles. The number of aromatic nitrogens is 4. The minimum atomic E-state index is -3.47. The number of carbonyl (C=O) groups excluding carboxylic acids is 4. The molecule has 1 saturated heterocycles. The maximum atomic E-state index is 14.1. The summed E-state index contributed by atoms with van der Waals surface area (Å²) in [5.74, 6) is 6.15. The Balaban J connectivity index is 0.000000114. The summed E-state index contributed by atoms with van der Waals surface area (Å²) in [5, 5.41) is 9.06. The number of rotatable bonds is 24. The highest BCUT2D eigenvalue weighted by Crippen LogP contribution is 2.56. The highest BCUT2D eigenvalue weighted by molar-refractivity contribution is 7.89. The fourth-order valence-corrected chi connectivity index (χ4v) is 18.5. The second-order valence-corrected chi connectivity index (χ2v) is 35.0. The lowest BCUT2D eigenvalue weighted by atomic mass is 9.88. The van der Waals surface area contributed by atoms with Crippen LogP contribution in [0.15, 0.2) is 242 Å². The summed E-state index contributed by atoms with van der Waals surface area (Å²) in [4.78, 5) is 73.6. The summed E-state index contributed by atoms with van der Waals surface area (Å²) in [6.45, 7) is 2.05. The number of hydrogen-bond donors (Lipinski definition) is 0. The summed E-state index contributed by atoms with van der Waals surface area (Å²) in [6, 6.07) is 71.6. The van der Waals surface area contributed by atoms with E-state index in [9.17, 15) is 32.0 Å². The highest BCUT2D eigenvalue weighted by atomic mass is 32.2. The Kier molecular flexibility index (Phi) is 22.8. The van der Waals surface area contributed by atoms with Gasteiger partial charge >= 0.3 is 0 Å². The third-order valence-corrected chi connectivity index (χ3v) is 27.0. The van der Waals surface area contributed by atoms with Gasteiger partial charge in [-0.2, -0.15) is 9.57 Å². The zero-order valence-corrected chi connectivity index (χ0v) is 70.2. The van der Waals surface area contributed by atoms with Crippen molar-refractivity contribution in [2.24, 2.45) is 0 Å². The molecule has 632 valence electrons. The standard InChI is InChI=1S/C28H28N2O5S.C25H24N2O3.C24H20FNO4.C24H18N2O3/c31-27(28(13-14-28)21-9-12-25-26(17-21)35-19-34-25)18-22-5-4-6-24(29-22)20-7-10-23(11-8-20)36(32,33)30-15-2-1-3-16-30;1-27(2)21-8-4-17(5-9-21)18-3-7-20(26-15-18)14-24(28)25(11-12-25)19-6-10-22-23(13-19)30-16-29-22;1-28-20-7-5-15(11-18(20)25)19-4-2-3-17(26-19)13-23(27)24(9-10-24)16-6-8-21-22(12-16)30-14-29-21;25-13-16-2-1-3-17(10-16)18-4-6-20(26-14-18)12-23(27)24(8-9-24)19-5-7-21-22(11-19)29-15-28-21/h4-12,17H,1-3,13-16,18-19H2;3-10,13,15H,11-12,14,16H2,1-2H3;2-8,11-12H,9-10,13-14H2,1H3;1-7,10-11,14H,8-9,12,15H2. The number of ketones is 4. The van der Waals surface area contributed by atoms with Crippen LogP contribution in [0, 0.1) is 17.1 Å². The highest BCUT2D eigenvalue weighted by Gasteiger charge is 2.54. The van der Waals surface area contributed by atoms with Gasteiger partial charge in [0.15, 0.2) is 57.6 Å². The van der Waals surface area contributed by atoms with Crippen molar-refractivity contribution in [1.82, 2.24) is 24.2 Å². The maximum Gasteiger partial charge on any atom is 0.243 e. The number of Topliss-reactive ketones (excluding diaryl/α,β-unsaturated/α-hetero) is 4. The molecular formula is C101H90FN7O15S. The quantitative estimate of drug-likeness (QED) is 0.0544. The van der Waals surface area contributed by atoms with Gasteiger partial charge in [0, 0.05) is 116 Å². The van der Waals surface area contributed by atoms with Crippen molar-refractivity contribution in [2.75, 3.05) is 66.4 Å². The molecule has 5 aliphatic heterocycles. The van der Waals surface area contributed by atoms with Crippen LogP contribution in [0.5, 0.6) is 51.7 Å². The molecule has 22 nitrogen and oxygen atoms in total. The summed E-state index contributed by atoms with van der Waals surface area (Å²) in [7, 11) is 2.01. The Morgan fingerprint density at radius 1 is 0.416 bits per heavy atom. The molecule has 0 amide bonds. The van der Waals surface area contributed by atoms with E-state index >= 15 is 0 Å². The number of nitriles is 1. The lowest BCUT2D eigenvalue weighted by Crippen LogP contribution is -2.35. The Bertz CT molecular complexity index is 6300. The predicted octanol–water partition coefficient (Wildman–Crippen LogP) is 17.5. The van der Waals surface area contributed by atoms with Crippen molar-refractivity contribution in [3.05, 3.63) is 293 Å². The first-order valence-electron chi connectivity index (χ1n) is 42.1. The van der Waals surface area contributed by atoms with Crippen molar-refractivity contribution in [1.29, 1.82) is 5.26 Å². The van der Waals surface area contributed by atoms with Crippen LogP contribution in [0.25, 0.3) is 44.8 Å². The number of piperidine rings is 1. The number of fused-ring (bicyclic) bond motifs is 4. The number of benzene rings is 8. The van der Waals surface area contributed by atoms with Gasteiger partial charge in [-0.1, -0.05) is 91.3 Å². The molecule has 4 aliphatic carbocycles. The van der Waals surface area contributed by atoms with Gasteiger partial charge in [0.05, 0.1) is 56.7 Å². The first-order valence-corrected chi connectivity index (χ1v) is 43.5. The fourth-order valence-electron chi connectivity index (χ4n) is 17.0. The van der Waals surface area contributed by atoms with Gasteiger partial charge in [0.25, 0.3) is 0 Å². The average molecular weight is 1690 g/mol. The van der Waals surface area contributed by atoms with Crippen LogP contribution in [-0.2, 0) is 76.5 Å². The number of anilines is 1. The van der Waals surface area contributed by atoms with Gasteiger partial charge in [0.1, 0.15) is 23.1 Å².